The van der Waals surface area contributed by atoms with Crippen LogP contribution in [0.1, 0.15) is 27.7 Å². The Morgan fingerprint density at radius 3 is 1.20 bits per heavy atom. The highest BCUT2D eigenvalue weighted by Gasteiger charge is 2.01. The van der Waals surface area contributed by atoms with Crippen molar-refractivity contribution in [1.29, 1.82) is 0 Å². The van der Waals surface area contributed by atoms with Crippen LogP contribution in [0.15, 0.2) is 25.3 Å². The molecule has 0 rings (SSSR count). The molecule has 0 fully saturated rings. The fourth-order valence-corrected chi connectivity index (χ4v) is 0.429. The summed E-state index contributed by atoms with van der Waals surface area (Å²) in [6.07, 6.45) is 3.90. The lowest BCUT2D eigenvalue weighted by Crippen LogP contribution is -1.99. The molecule has 0 aliphatic rings. The van der Waals surface area contributed by atoms with E-state index in [0.717, 1.165) is 0 Å². The summed E-state index contributed by atoms with van der Waals surface area (Å²) in [7, 11) is 0. The Morgan fingerprint density at radius 2 is 1.10 bits per heavy atom. The van der Waals surface area contributed by atoms with Gasteiger partial charge in [-0.1, -0.05) is 39.8 Å². The van der Waals surface area contributed by atoms with E-state index in [1.807, 2.05) is 26.0 Å². The fraction of sp³-hybridized carbons (Fsp3) is 0.600. The van der Waals surface area contributed by atoms with Crippen molar-refractivity contribution in [3.8, 4) is 0 Å². The van der Waals surface area contributed by atoms with E-state index in [9.17, 15) is 0 Å². The zero-order chi connectivity index (χ0) is 8.57. The summed E-state index contributed by atoms with van der Waals surface area (Å²) in [6, 6.07) is 0. The van der Waals surface area contributed by atoms with Crippen molar-refractivity contribution in [3.05, 3.63) is 25.3 Å². The van der Waals surface area contributed by atoms with Gasteiger partial charge in [0.2, 0.25) is 0 Å². The summed E-state index contributed by atoms with van der Waals surface area (Å²) in [4.78, 5) is 0. The van der Waals surface area contributed by atoms with Gasteiger partial charge >= 0.3 is 0 Å². The first kappa shape index (κ1) is 12.2. The molecule has 2 unspecified atom stereocenters. The molecule has 0 saturated carbocycles. The first-order chi connectivity index (χ1) is 4.72. The topological polar surface area (TPSA) is 0 Å². The molecule has 0 heteroatoms. The minimum atomic E-state index is 0.562. The lowest BCUT2D eigenvalue weighted by Gasteiger charge is -2.09. The van der Waals surface area contributed by atoms with Crippen molar-refractivity contribution in [1.82, 2.24) is 0 Å². The summed E-state index contributed by atoms with van der Waals surface area (Å²) in [5.41, 5.74) is 0. The lowest BCUT2D eigenvalue weighted by molar-refractivity contribution is 0.560. The molecule has 60 valence electrons. The maximum Gasteiger partial charge on any atom is -0.0204 e. The van der Waals surface area contributed by atoms with Crippen molar-refractivity contribution in [3.63, 3.8) is 0 Å². The second-order valence-electron chi connectivity index (χ2n) is 2.19. The van der Waals surface area contributed by atoms with Gasteiger partial charge in [0.25, 0.3) is 0 Å². The maximum absolute atomic E-state index is 3.68. The monoisotopic (exact) mass is 140 g/mol. The third-order valence-corrected chi connectivity index (χ3v) is 1.57. The second-order valence-corrected chi connectivity index (χ2v) is 2.19. The first-order valence-corrected chi connectivity index (χ1v) is 3.97. The fourth-order valence-electron chi connectivity index (χ4n) is 0.429. The quantitative estimate of drug-likeness (QED) is 0.525. The molecule has 0 N–H and O–H groups in total. The van der Waals surface area contributed by atoms with Crippen molar-refractivity contribution in [2.45, 2.75) is 27.7 Å². The highest BCUT2D eigenvalue weighted by Crippen LogP contribution is 2.11. The van der Waals surface area contributed by atoms with Crippen LogP contribution in [0.25, 0.3) is 0 Å². The molecule has 0 spiro atoms. The number of rotatable bonds is 3. The van der Waals surface area contributed by atoms with E-state index in [4.69, 9.17) is 0 Å². The minimum absolute atomic E-state index is 0.562. The molecule has 0 heterocycles. The standard InChI is InChI=1S/C8H14.C2H6/c1-5-7(3)8(4)6-2;1-2/h5-8H,1-2H2,3-4H3;1-2H3. The second kappa shape index (κ2) is 8.48. The van der Waals surface area contributed by atoms with Crippen LogP contribution in [0.3, 0.4) is 0 Å². The molecule has 0 aliphatic carbocycles. The molecular weight excluding hydrogens is 120 g/mol. The van der Waals surface area contributed by atoms with Crippen molar-refractivity contribution in [2.75, 3.05) is 0 Å². The smallest absolute Gasteiger partial charge is 0.0204 e. The molecule has 0 bridgehead atoms. The molecule has 0 radical (unpaired) electrons. The van der Waals surface area contributed by atoms with Crippen molar-refractivity contribution in [2.24, 2.45) is 11.8 Å². The van der Waals surface area contributed by atoms with Crippen LogP contribution in [0.4, 0.5) is 0 Å². The lowest BCUT2D eigenvalue weighted by atomic mass is 9.97. The van der Waals surface area contributed by atoms with Gasteiger partial charge in [-0.3, -0.25) is 0 Å². The van der Waals surface area contributed by atoms with Crippen LogP contribution in [0.5, 0.6) is 0 Å². The molecule has 0 aromatic carbocycles. The zero-order valence-electron chi connectivity index (χ0n) is 7.72. The van der Waals surface area contributed by atoms with E-state index in [2.05, 4.69) is 27.0 Å². The van der Waals surface area contributed by atoms with Crippen LogP contribution in [-0.4, -0.2) is 0 Å². The van der Waals surface area contributed by atoms with E-state index < -0.39 is 0 Å². The van der Waals surface area contributed by atoms with Crippen LogP contribution in [-0.2, 0) is 0 Å². The average molecular weight is 140 g/mol. The predicted octanol–water partition coefficient (Wildman–Crippen LogP) is 3.66. The Kier molecular flexibility index (Phi) is 10.3. The van der Waals surface area contributed by atoms with E-state index in [0.29, 0.717) is 11.8 Å². The van der Waals surface area contributed by atoms with Gasteiger partial charge in [-0.2, -0.15) is 0 Å². The normalized spacial score (nSPS) is 14.0. The van der Waals surface area contributed by atoms with E-state index >= 15 is 0 Å². The van der Waals surface area contributed by atoms with Crippen LogP contribution in [0.2, 0.25) is 0 Å². The van der Waals surface area contributed by atoms with Crippen molar-refractivity contribution >= 4 is 0 Å². The largest absolute Gasteiger partial charge is 0.103 e. The van der Waals surface area contributed by atoms with Gasteiger partial charge in [0.1, 0.15) is 0 Å². The van der Waals surface area contributed by atoms with E-state index in [1.165, 1.54) is 0 Å². The number of allylic oxidation sites excluding steroid dienone is 2. The van der Waals surface area contributed by atoms with Gasteiger partial charge in [-0.25, -0.2) is 0 Å². The van der Waals surface area contributed by atoms with Crippen molar-refractivity contribution < 1.29 is 0 Å². The van der Waals surface area contributed by atoms with Crippen LogP contribution >= 0.6 is 0 Å². The number of hydrogen-bond donors (Lipinski definition) is 0. The summed E-state index contributed by atoms with van der Waals surface area (Å²) < 4.78 is 0. The highest BCUT2D eigenvalue weighted by atomic mass is 14.1. The van der Waals surface area contributed by atoms with Gasteiger partial charge < -0.3 is 0 Å². The SMILES string of the molecule is C=CC(C)C(C)C=C.CC. The summed E-state index contributed by atoms with van der Waals surface area (Å²) in [5.74, 6) is 1.12. The van der Waals surface area contributed by atoms with Gasteiger partial charge in [-0.05, 0) is 11.8 Å². The average Bonchev–Trinajstić information content (AvgIpc) is 2.05. The van der Waals surface area contributed by atoms with Crippen LogP contribution < -0.4 is 0 Å². The summed E-state index contributed by atoms with van der Waals surface area (Å²) in [6.45, 7) is 15.6. The third kappa shape index (κ3) is 5.61. The molecule has 0 aromatic heterocycles. The molecule has 2 atom stereocenters. The zero-order valence-corrected chi connectivity index (χ0v) is 7.72. The summed E-state index contributed by atoms with van der Waals surface area (Å²) in [5, 5.41) is 0. The Morgan fingerprint density at radius 1 is 0.900 bits per heavy atom. The number of hydrogen-bond acceptors (Lipinski definition) is 0. The first-order valence-electron chi connectivity index (χ1n) is 3.97. The molecule has 0 nitrogen and oxygen atoms in total. The Balaban J connectivity index is 0. The summed E-state index contributed by atoms with van der Waals surface area (Å²) >= 11 is 0. The molecule has 0 aliphatic heterocycles. The van der Waals surface area contributed by atoms with Gasteiger partial charge in [0.15, 0.2) is 0 Å². The third-order valence-electron chi connectivity index (χ3n) is 1.57. The molecule has 0 amide bonds. The minimum Gasteiger partial charge on any atom is -0.103 e. The van der Waals surface area contributed by atoms with Gasteiger partial charge in [0, 0.05) is 0 Å². The Hall–Kier alpha value is -0.520. The van der Waals surface area contributed by atoms with E-state index in [1.54, 1.807) is 0 Å². The maximum atomic E-state index is 3.68. The van der Waals surface area contributed by atoms with Crippen LogP contribution in [0, 0.1) is 11.8 Å². The molecular formula is C10H20. The highest BCUT2D eigenvalue weighted by molar-refractivity contribution is 4.87. The predicted molar refractivity (Wildman–Crippen MR) is 50.1 cm³/mol. The molecule has 10 heavy (non-hydrogen) atoms. The van der Waals surface area contributed by atoms with Gasteiger partial charge in [0.05, 0.1) is 0 Å². The molecule has 0 aromatic rings. The Bertz CT molecular complexity index is 70.0. The molecule has 0 saturated heterocycles. The van der Waals surface area contributed by atoms with E-state index in [-0.39, 0.29) is 0 Å². The van der Waals surface area contributed by atoms with Gasteiger partial charge in [-0.15, -0.1) is 13.2 Å². The Labute approximate surface area is 65.7 Å².